The summed E-state index contributed by atoms with van der Waals surface area (Å²) in [6.45, 7) is 4.27. The van der Waals surface area contributed by atoms with E-state index in [1.165, 1.54) is 7.11 Å². The summed E-state index contributed by atoms with van der Waals surface area (Å²) >= 11 is 0. The van der Waals surface area contributed by atoms with Gasteiger partial charge in [-0.15, -0.1) is 0 Å². The largest absolute Gasteiger partial charge is 0.468 e. The molecule has 0 saturated heterocycles. The predicted octanol–water partition coefficient (Wildman–Crippen LogP) is -0.268. The Balaban J connectivity index is 0. The summed E-state index contributed by atoms with van der Waals surface area (Å²) in [6.07, 6.45) is 0. The Kier molecular flexibility index (Phi) is 11.1. The van der Waals surface area contributed by atoms with Crippen LogP contribution < -0.4 is 11.1 Å². The van der Waals surface area contributed by atoms with Crippen molar-refractivity contribution in [2.24, 2.45) is 5.73 Å². The molecule has 0 radical (unpaired) electrons. The molecular weight excluding hydrogens is 144 g/mol. The summed E-state index contributed by atoms with van der Waals surface area (Å²) < 4.78 is 4.41. The molecule has 1 unspecified atom stereocenters. The molecule has 4 nitrogen and oxygen atoms in total. The molecule has 1 atom stereocenters. The second-order valence-corrected chi connectivity index (χ2v) is 1.60. The molecule has 68 valence electrons. The second kappa shape index (κ2) is 9.39. The van der Waals surface area contributed by atoms with Crippen molar-refractivity contribution in [2.75, 3.05) is 20.7 Å². The Labute approximate surface area is 68.1 Å². The summed E-state index contributed by atoms with van der Waals surface area (Å²) in [5, 5.41) is 2.70. The van der Waals surface area contributed by atoms with Crippen molar-refractivity contribution in [2.45, 2.75) is 19.9 Å². The molecule has 0 aliphatic carbocycles. The minimum Gasteiger partial charge on any atom is -0.468 e. The molecule has 3 N–H and O–H groups in total. The fourth-order valence-electron chi connectivity index (χ4n) is 0.474. The van der Waals surface area contributed by atoms with Gasteiger partial charge < -0.3 is 15.8 Å². The molecule has 0 rings (SSSR count). The molecule has 0 aromatic heterocycles. The molecule has 0 aliphatic rings. The first-order valence-electron chi connectivity index (χ1n) is 3.71. The fourth-order valence-corrected chi connectivity index (χ4v) is 0.474. The van der Waals surface area contributed by atoms with E-state index in [1.54, 1.807) is 7.05 Å². The van der Waals surface area contributed by atoms with Gasteiger partial charge in [0.25, 0.3) is 0 Å². The van der Waals surface area contributed by atoms with E-state index in [9.17, 15) is 4.79 Å². The number of carbonyl (C=O) groups is 1. The number of carbonyl (C=O) groups excluding carboxylic acids is 1. The Morgan fingerprint density at radius 1 is 1.64 bits per heavy atom. The van der Waals surface area contributed by atoms with Crippen LogP contribution in [0, 0.1) is 0 Å². The normalized spacial score (nSPS) is 11.0. The van der Waals surface area contributed by atoms with Gasteiger partial charge in [0.2, 0.25) is 0 Å². The van der Waals surface area contributed by atoms with Gasteiger partial charge in [-0.3, -0.25) is 4.79 Å². The van der Waals surface area contributed by atoms with Crippen molar-refractivity contribution in [3.63, 3.8) is 0 Å². The van der Waals surface area contributed by atoms with Crippen molar-refractivity contribution in [3.05, 3.63) is 0 Å². The summed E-state index contributed by atoms with van der Waals surface area (Å²) in [7, 11) is 3.00. The van der Waals surface area contributed by atoms with E-state index < -0.39 is 0 Å². The number of esters is 1. The van der Waals surface area contributed by atoms with E-state index in [2.05, 4.69) is 10.1 Å². The third kappa shape index (κ3) is 5.82. The van der Waals surface area contributed by atoms with Crippen LogP contribution in [0.2, 0.25) is 0 Å². The van der Waals surface area contributed by atoms with Crippen LogP contribution in [0.1, 0.15) is 13.8 Å². The molecule has 0 spiro atoms. The monoisotopic (exact) mass is 162 g/mol. The summed E-state index contributed by atoms with van der Waals surface area (Å²) in [5.74, 6) is -0.319. The molecule has 0 bridgehead atoms. The lowest BCUT2D eigenvalue weighted by molar-refractivity contribution is -0.142. The number of nitrogens with two attached hydrogens (primary N) is 1. The average molecular weight is 162 g/mol. The highest BCUT2D eigenvalue weighted by atomic mass is 16.5. The summed E-state index contributed by atoms with van der Waals surface area (Å²) in [5.41, 5.74) is 5.20. The Morgan fingerprint density at radius 2 is 2.09 bits per heavy atom. The van der Waals surface area contributed by atoms with Crippen LogP contribution in [-0.2, 0) is 9.53 Å². The SMILES string of the molecule is CC.CNC(CN)C(=O)OC. The van der Waals surface area contributed by atoms with Gasteiger partial charge in [-0.2, -0.15) is 0 Å². The van der Waals surface area contributed by atoms with Crippen molar-refractivity contribution in [1.29, 1.82) is 0 Å². The lowest BCUT2D eigenvalue weighted by Crippen LogP contribution is -2.41. The van der Waals surface area contributed by atoms with Crippen molar-refractivity contribution in [1.82, 2.24) is 5.32 Å². The van der Waals surface area contributed by atoms with Crippen LogP contribution in [0.15, 0.2) is 0 Å². The van der Waals surface area contributed by atoms with Gasteiger partial charge in [0.1, 0.15) is 6.04 Å². The summed E-state index contributed by atoms with van der Waals surface area (Å²) in [4.78, 5) is 10.6. The number of rotatable bonds is 3. The highest BCUT2D eigenvalue weighted by Gasteiger charge is 2.12. The number of methoxy groups -OCH3 is 1. The highest BCUT2D eigenvalue weighted by molar-refractivity contribution is 5.75. The third-order valence-electron chi connectivity index (χ3n) is 1.07. The van der Waals surface area contributed by atoms with Gasteiger partial charge in [0.05, 0.1) is 7.11 Å². The van der Waals surface area contributed by atoms with Gasteiger partial charge in [-0.05, 0) is 7.05 Å². The third-order valence-corrected chi connectivity index (χ3v) is 1.07. The highest BCUT2D eigenvalue weighted by Crippen LogP contribution is 1.81. The number of hydrogen-bond donors (Lipinski definition) is 2. The molecule has 0 aromatic carbocycles. The molecule has 0 aliphatic heterocycles. The van der Waals surface area contributed by atoms with E-state index in [0.29, 0.717) is 0 Å². The predicted molar refractivity (Wildman–Crippen MR) is 45.3 cm³/mol. The number of ether oxygens (including phenoxy) is 1. The van der Waals surface area contributed by atoms with Crippen molar-refractivity contribution in [3.8, 4) is 0 Å². The van der Waals surface area contributed by atoms with Crippen LogP contribution in [-0.4, -0.2) is 32.7 Å². The van der Waals surface area contributed by atoms with Crippen molar-refractivity contribution < 1.29 is 9.53 Å². The quantitative estimate of drug-likeness (QED) is 0.561. The molecule has 0 heterocycles. The Morgan fingerprint density at radius 3 is 2.18 bits per heavy atom. The second-order valence-electron chi connectivity index (χ2n) is 1.60. The maximum Gasteiger partial charge on any atom is 0.324 e. The Bertz CT molecular complexity index is 92.4. The zero-order chi connectivity index (χ0) is 9.28. The van der Waals surface area contributed by atoms with Crippen LogP contribution >= 0.6 is 0 Å². The van der Waals surface area contributed by atoms with E-state index in [1.807, 2.05) is 13.8 Å². The average Bonchev–Trinajstić information content (AvgIpc) is 2.10. The topological polar surface area (TPSA) is 64.3 Å². The number of likely N-dealkylation sites (N-methyl/N-ethyl adjacent to an activating group) is 1. The molecule has 4 heteroatoms. The fraction of sp³-hybridized carbons (Fsp3) is 0.857. The van der Waals surface area contributed by atoms with Gasteiger partial charge in [-0.25, -0.2) is 0 Å². The zero-order valence-corrected chi connectivity index (χ0v) is 7.68. The first-order valence-corrected chi connectivity index (χ1v) is 3.71. The first-order chi connectivity index (χ1) is 5.26. The lowest BCUT2D eigenvalue weighted by atomic mass is 10.3. The molecule has 11 heavy (non-hydrogen) atoms. The smallest absolute Gasteiger partial charge is 0.324 e. The van der Waals surface area contributed by atoms with Gasteiger partial charge in [0, 0.05) is 6.54 Å². The molecule has 0 fully saturated rings. The minimum absolute atomic E-state index is 0.267. The zero-order valence-electron chi connectivity index (χ0n) is 7.68. The number of hydrogen-bond acceptors (Lipinski definition) is 4. The lowest BCUT2D eigenvalue weighted by Gasteiger charge is -2.09. The van der Waals surface area contributed by atoms with Crippen molar-refractivity contribution >= 4 is 5.97 Å². The standard InChI is InChI=1S/C5H12N2O2.C2H6/c1-7-4(3-6)5(8)9-2;1-2/h4,7H,3,6H2,1-2H3;1-2H3. The molecule has 0 saturated carbocycles. The summed E-state index contributed by atoms with van der Waals surface area (Å²) in [6, 6.07) is -0.366. The van der Waals surface area contributed by atoms with Crippen LogP contribution in [0.4, 0.5) is 0 Å². The van der Waals surface area contributed by atoms with E-state index in [-0.39, 0.29) is 18.6 Å². The van der Waals surface area contributed by atoms with E-state index >= 15 is 0 Å². The van der Waals surface area contributed by atoms with E-state index in [4.69, 9.17) is 5.73 Å². The molecular formula is C7H18N2O2. The van der Waals surface area contributed by atoms with Gasteiger partial charge in [0.15, 0.2) is 0 Å². The maximum absolute atomic E-state index is 10.6. The maximum atomic E-state index is 10.6. The van der Waals surface area contributed by atoms with Crippen LogP contribution in [0.5, 0.6) is 0 Å². The van der Waals surface area contributed by atoms with E-state index in [0.717, 1.165) is 0 Å². The number of nitrogens with one attached hydrogen (secondary N) is 1. The molecule has 0 aromatic rings. The van der Waals surface area contributed by atoms with Gasteiger partial charge in [-0.1, -0.05) is 13.8 Å². The molecule has 0 amide bonds. The van der Waals surface area contributed by atoms with Crippen LogP contribution in [0.25, 0.3) is 0 Å². The minimum atomic E-state index is -0.366. The Hall–Kier alpha value is -0.610. The van der Waals surface area contributed by atoms with Crippen LogP contribution in [0.3, 0.4) is 0 Å². The first kappa shape index (κ1) is 13.0. The van der Waals surface area contributed by atoms with Gasteiger partial charge >= 0.3 is 5.97 Å².